The third-order valence-electron chi connectivity index (χ3n) is 4.20. The van der Waals surface area contributed by atoms with E-state index in [0.717, 1.165) is 22.4 Å². The predicted octanol–water partition coefficient (Wildman–Crippen LogP) is 1.82. The van der Waals surface area contributed by atoms with Crippen molar-refractivity contribution in [3.05, 3.63) is 57.0 Å². The smallest absolute Gasteiger partial charge is 0.251 e. The lowest BCUT2D eigenvalue weighted by molar-refractivity contribution is -0.121. The van der Waals surface area contributed by atoms with Crippen LogP contribution in [-0.4, -0.2) is 25.8 Å². The van der Waals surface area contributed by atoms with E-state index >= 15 is 0 Å². The third kappa shape index (κ3) is 3.93. The predicted molar refractivity (Wildman–Crippen MR) is 95.3 cm³/mol. The molecule has 3 rings (SSSR count). The lowest BCUT2D eigenvalue weighted by Crippen LogP contribution is -2.25. The van der Waals surface area contributed by atoms with E-state index in [1.807, 2.05) is 13.0 Å². The van der Waals surface area contributed by atoms with Gasteiger partial charge in [0.1, 0.15) is 11.6 Å². The zero-order valence-corrected chi connectivity index (χ0v) is 14.6. The highest BCUT2D eigenvalue weighted by Gasteiger charge is 2.09. The largest absolute Gasteiger partial charge is 0.350 e. The maximum absolute atomic E-state index is 12.0. The molecule has 0 spiro atoms. The number of benzene rings is 1. The molecule has 0 unspecified atom stereocenters. The fourth-order valence-electron chi connectivity index (χ4n) is 2.72. The van der Waals surface area contributed by atoms with Crippen LogP contribution < -0.4 is 10.9 Å². The Morgan fingerprint density at radius 3 is 2.72 bits per heavy atom. The average Bonchev–Trinajstić information content (AvgIpc) is 2.98. The number of hydrogen-bond donors (Lipinski definition) is 3. The second-order valence-electron chi connectivity index (χ2n) is 6.19. The fraction of sp³-hybridized carbons (Fsp3) is 0.333. The molecular weight excluding hydrogens is 318 g/mol. The van der Waals surface area contributed by atoms with E-state index in [0.29, 0.717) is 24.4 Å². The van der Waals surface area contributed by atoms with Gasteiger partial charge in [0.2, 0.25) is 5.91 Å². The summed E-state index contributed by atoms with van der Waals surface area (Å²) in [6.07, 6.45) is 0.848. The summed E-state index contributed by atoms with van der Waals surface area (Å²) in [6.45, 7) is 6.05. The van der Waals surface area contributed by atoms with E-state index in [4.69, 9.17) is 0 Å². The van der Waals surface area contributed by atoms with Gasteiger partial charge in [0.25, 0.3) is 5.56 Å². The van der Waals surface area contributed by atoms with Gasteiger partial charge >= 0.3 is 0 Å². The second-order valence-corrected chi connectivity index (χ2v) is 6.19. The molecule has 2 aromatic heterocycles. The van der Waals surface area contributed by atoms with Crippen LogP contribution in [0.4, 0.5) is 0 Å². The van der Waals surface area contributed by atoms with Crippen LogP contribution in [0.2, 0.25) is 0 Å². The molecule has 0 saturated heterocycles. The van der Waals surface area contributed by atoms with Crippen LogP contribution in [0.1, 0.15) is 34.9 Å². The van der Waals surface area contributed by atoms with E-state index in [9.17, 15) is 9.59 Å². The molecule has 7 heteroatoms. The lowest BCUT2D eigenvalue weighted by atomic mass is 10.1. The summed E-state index contributed by atoms with van der Waals surface area (Å²) in [5.74, 6) is 1.22. The number of nitrogens with zero attached hydrogens (tertiary/aromatic N) is 2. The zero-order valence-electron chi connectivity index (χ0n) is 14.6. The van der Waals surface area contributed by atoms with E-state index in [1.54, 1.807) is 6.92 Å². The van der Waals surface area contributed by atoms with Crippen LogP contribution in [0.25, 0.3) is 11.0 Å². The molecule has 0 fully saturated rings. The van der Waals surface area contributed by atoms with Crippen molar-refractivity contribution in [3.63, 3.8) is 0 Å². The molecule has 1 amide bonds. The highest BCUT2D eigenvalue weighted by Crippen LogP contribution is 2.19. The van der Waals surface area contributed by atoms with Crippen molar-refractivity contribution in [3.8, 4) is 0 Å². The zero-order chi connectivity index (χ0) is 18.0. The standard InChI is InChI=1S/C18H21N5O2/c1-10-4-5-14-18(11(10)2)23-15(22-14)6-7-16(24)19-9-13-8-17(25)21-12(3)20-13/h4-5,8H,6-7,9H2,1-3H3,(H,19,24)(H,22,23)(H,20,21,25). The van der Waals surface area contributed by atoms with Crippen LogP contribution in [-0.2, 0) is 17.8 Å². The number of rotatable bonds is 5. The summed E-state index contributed by atoms with van der Waals surface area (Å²) in [5, 5.41) is 2.78. The number of amides is 1. The Hall–Kier alpha value is -2.96. The number of aryl methyl sites for hydroxylation is 4. The topological polar surface area (TPSA) is 104 Å². The van der Waals surface area contributed by atoms with Crippen molar-refractivity contribution in [2.45, 2.75) is 40.2 Å². The molecule has 1 aromatic carbocycles. The molecule has 3 N–H and O–H groups in total. The molecule has 0 radical (unpaired) electrons. The maximum Gasteiger partial charge on any atom is 0.251 e. The Kier molecular flexibility index (Phi) is 4.65. The first-order valence-corrected chi connectivity index (χ1v) is 8.20. The van der Waals surface area contributed by atoms with Crippen molar-refractivity contribution in [1.29, 1.82) is 0 Å². The van der Waals surface area contributed by atoms with Gasteiger partial charge < -0.3 is 15.3 Å². The van der Waals surface area contributed by atoms with Crippen LogP contribution in [0.5, 0.6) is 0 Å². The Bertz CT molecular complexity index is 987. The number of H-pyrrole nitrogens is 2. The normalized spacial score (nSPS) is 11.0. The maximum atomic E-state index is 12.0. The van der Waals surface area contributed by atoms with Gasteiger partial charge in [-0.05, 0) is 38.0 Å². The summed E-state index contributed by atoms with van der Waals surface area (Å²) in [5.41, 5.74) is 4.62. The van der Waals surface area contributed by atoms with Crippen molar-refractivity contribution in [2.75, 3.05) is 0 Å². The van der Waals surface area contributed by atoms with Crippen LogP contribution in [0.15, 0.2) is 23.0 Å². The lowest BCUT2D eigenvalue weighted by Gasteiger charge is -2.04. The first kappa shape index (κ1) is 16.9. The molecule has 7 nitrogen and oxygen atoms in total. The molecule has 3 aromatic rings. The minimum atomic E-state index is -0.218. The molecule has 0 bridgehead atoms. The summed E-state index contributed by atoms with van der Waals surface area (Å²) in [6, 6.07) is 5.45. The number of carbonyl (C=O) groups is 1. The molecule has 25 heavy (non-hydrogen) atoms. The summed E-state index contributed by atoms with van der Waals surface area (Å²) in [7, 11) is 0. The highest BCUT2D eigenvalue weighted by atomic mass is 16.1. The van der Waals surface area contributed by atoms with Gasteiger partial charge in [-0.1, -0.05) is 6.07 Å². The Balaban J connectivity index is 1.59. The van der Waals surface area contributed by atoms with E-state index in [-0.39, 0.29) is 18.0 Å². The van der Waals surface area contributed by atoms with Crippen molar-refractivity contribution in [2.24, 2.45) is 0 Å². The average molecular weight is 339 g/mol. The summed E-state index contributed by atoms with van der Waals surface area (Å²) in [4.78, 5) is 38.0. The van der Waals surface area contributed by atoms with Gasteiger partial charge in [-0.2, -0.15) is 0 Å². The van der Waals surface area contributed by atoms with Gasteiger partial charge in [-0.25, -0.2) is 9.97 Å². The number of imidazole rings is 1. The minimum Gasteiger partial charge on any atom is -0.350 e. The Morgan fingerprint density at radius 1 is 1.16 bits per heavy atom. The number of hydrogen-bond acceptors (Lipinski definition) is 4. The van der Waals surface area contributed by atoms with Gasteiger partial charge in [-0.15, -0.1) is 0 Å². The Labute approximate surface area is 144 Å². The molecular formula is C18H21N5O2. The first-order chi connectivity index (χ1) is 11.9. The number of nitrogens with one attached hydrogen (secondary N) is 3. The summed E-state index contributed by atoms with van der Waals surface area (Å²) >= 11 is 0. The fourth-order valence-corrected chi connectivity index (χ4v) is 2.72. The van der Waals surface area contributed by atoms with Crippen molar-refractivity contribution < 1.29 is 4.79 Å². The SMILES string of the molecule is Cc1nc(CNC(=O)CCc2nc3c(C)c(C)ccc3[nH]2)cc(=O)[nH]1. The quantitative estimate of drug-likeness (QED) is 0.659. The second kappa shape index (κ2) is 6.88. The highest BCUT2D eigenvalue weighted by molar-refractivity contribution is 5.80. The third-order valence-corrected chi connectivity index (χ3v) is 4.20. The molecule has 0 atom stereocenters. The van der Waals surface area contributed by atoms with Gasteiger partial charge in [0.15, 0.2) is 0 Å². The monoisotopic (exact) mass is 339 g/mol. The summed E-state index contributed by atoms with van der Waals surface area (Å²) < 4.78 is 0. The van der Waals surface area contributed by atoms with Crippen LogP contribution in [0.3, 0.4) is 0 Å². The van der Waals surface area contributed by atoms with E-state index in [1.165, 1.54) is 11.6 Å². The minimum absolute atomic E-state index is 0.104. The molecule has 2 heterocycles. The van der Waals surface area contributed by atoms with Crippen LogP contribution >= 0.6 is 0 Å². The molecule has 0 saturated carbocycles. The number of aromatic amines is 2. The molecule has 0 aliphatic rings. The van der Waals surface area contributed by atoms with Crippen molar-refractivity contribution in [1.82, 2.24) is 25.3 Å². The van der Waals surface area contributed by atoms with E-state index in [2.05, 4.69) is 38.2 Å². The van der Waals surface area contributed by atoms with E-state index < -0.39 is 0 Å². The van der Waals surface area contributed by atoms with Gasteiger partial charge in [0, 0.05) is 18.9 Å². The number of aromatic nitrogens is 4. The van der Waals surface area contributed by atoms with Gasteiger partial charge in [0.05, 0.1) is 23.3 Å². The Morgan fingerprint density at radius 2 is 1.96 bits per heavy atom. The number of fused-ring (bicyclic) bond motifs is 1. The molecule has 130 valence electrons. The van der Waals surface area contributed by atoms with Crippen LogP contribution in [0, 0.1) is 20.8 Å². The number of carbonyl (C=O) groups excluding carboxylic acids is 1. The van der Waals surface area contributed by atoms with Crippen molar-refractivity contribution >= 4 is 16.9 Å². The van der Waals surface area contributed by atoms with Gasteiger partial charge in [-0.3, -0.25) is 9.59 Å². The molecule has 0 aliphatic heterocycles. The first-order valence-electron chi connectivity index (χ1n) is 8.20. The molecule has 0 aliphatic carbocycles.